The molecule has 0 aliphatic heterocycles. The van der Waals surface area contributed by atoms with Gasteiger partial charge >= 0.3 is 6.18 Å². The molecule has 0 spiro atoms. The van der Waals surface area contributed by atoms with Crippen LogP contribution < -0.4 is 0 Å². The largest absolute Gasteiger partial charge is 0.435 e. The Labute approximate surface area is 228 Å². The molecule has 0 unspecified atom stereocenters. The van der Waals surface area contributed by atoms with Gasteiger partial charge in [0.1, 0.15) is 23.2 Å². The van der Waals surface area contributed by atoms with Gasteiger partial charge in [0.05, 0.1) is 5.56 Å². The maximum Gasteiger partial charge on any atom is 0.420 e. The lowest BCUT2D eigenvalue weighted by atomic mass is 9.85. The smallest absolute Gasteiger partial charge is 0.420 e. The Balaban J connectivity index is 1.53. The fourth-order valence-electron chi connectivity index (χ4n) is 5.38. The molecule has 6 rings (SSSR count). The molecule has 1 aliphatic rings. The second kappa shape index (κ2) is 10.2. The van der Waals surface area contributed by atoms with E-state index in [1.54, 1.807) is 23.7 Å². The molecule has 2 aromatic heterocycles. The Hall–Kier alpha value is -4.05. The van der Waals surface area contributed by atoms with E-state index in [0.29, 0.717) is 35.0 Å². The molecule has 0 radical (unpaired) electrons. The molecule has 2 heterocycles. The van der Waals surface area contributed by atoms with E-state index in [1.807, 2.05) is 42.3 Å². The Kier molecular flexibility index (Phi) is 6.66. The summed E-state index contributed by atoms with van der Waals surface area (Å²) in [5, 5.41) is 8.13. The molecule has 10 heteroatoms. The van der Waals surface area contributed by atoms with Crippen LogP contribution in [0.15, 0.2) is 65.3 Å². The molecule has 6 nitrogen and oxygen atoms in total. The molecule has 1 saturated carbocycles. The van der Waals surface area contributed by atoms with Gasteiger partial charge < -0.3 is 13.9 Å². The number of hydrogen-bond acceptors (Lipinski definition) is 5. The summed E-state index contributed by atoms with van der Waals surface area (Å²) in [6.45, 7) is 1.15. The molecular formula is C30H27F4N5O. The van der Waals surface area contributed by atoms with E-state index in [0.717, 1.165) is 31.0 Å². The number of alkyl halides is 3. The average Bonchev–Trinajstić information content (AvgIpc) is 3.51. The van der Waals surface area contributed by atoms with E-state index in [-0.39, 0.29) is 17.0 Å². The Morgan fingerprint density at radius 3 is 2.48 bits per heavy atom. The van der Waals surface area contributed by atoms with Crippen molar-refractivity contribution in [3.05, 3.63) is 77.9 Å². The predicted molar refractivity (Wildman–Crippen MR) is 144 cm³/mol. The van der Waals surface area contributed by atoms with Gasteiger partial charge in [-0.3, -0.25) is 0 Å². The van der Waals surface area contributed by atoms with Gasteiger partial charge in [0.2, 0.25) is 5.89 Å². The number of halogens is 4. The van der Waals surface area contributed by atoms with Gasteiger partial charge in [0.25, 0.3) is 0 Å². The van der Waals surface area contributed by atoms with Crippen molar-refractivity contribution in [1.29, 1.82) is 0 Å². The molecule has 0 saturated heterocycles. The molecule has 0 amide bonds. The van der Waals surface area contributed by atoms with Gasteiger partial charge in [-0.15, -0.1) is 10.2 Å². The van der Waals surface area contributed by atoms with Gasteiger partial charge in [0, 0.05) is 25.7 Å². The zero-order valence-corrected chi connectivity index (χ0v) is 22.0. The van der Waals surface area contributed by atoms with Crippen molar-refractivity contribution in [1.82, 2.24) is 24.6 Å². The quantitative estimate of drug-likeness (QED) is 0.199. The Morgan fingerprint density at radius 1 is 1.05 bits per heavy atom. The van der Waals surface area contributed by atoms with Gasteiger partial charge in [-0.2, -0.15) is 13.2 Å². The summed E-state index contributed by atoms with van der Waals surface area (Å²) in [5.41, 5.74) is 0.753. The number of rotatable bonds is 7. The molecule has 5 aromatic rings. The van der Waals surface area contributed by atoms with Crippen LogP contribution in [0.25, 0.3) is 45.1 Å². The number of oxazole rings is 1. The lowest BCUT2D eigenvalue weighted by Gasteiger charge is -2.30. The lowest BCUT2D eigenvalue weighted by molar-refractivity contribution is -0.136. The number of aryl methyl sites for hydroxylation is 1. The van der Waals surface area contributed by atoms with Crippen molar-refractivity contribution < 1.29 is 22.0 Å². The summed E-state index contributed by atoms with van der Waals surface area (Å²) in [7, 11) is 3.61. The fourth-order valence-corrected chi connectivity index (χ4v) is 5.38. The molecular weight excluding hydrogens is 522 g/mol. The normalized spacial score (nSPS) is 14.3. The molecule has 0 bridgehead atoms. The van der Waals surface area contributed by atoms with Crippen molar-refractivity contribution in [2.75, 3.05) is 13.6 Å². The van der Waals surface area contributed by atoms with Crippen LogP contribution in [0, 0.1) is 11.7 Å². The third-order valence-corrected chi connectivity index (χ3v) is 7.49. The summed E-state index contributed by atoms with van der Waals surface area (Å²) in [6, 6.07) is 14.8. The molecule has 1 aliphatic carbocycles. The highest BCUT2D eigenvalue weighted by Gasteiger charge is 2.36. The maximum absolute atomic E-state index is 15.6. The monoisotopic (exact) mass is 549 g/mol. The Bertz CT molecular complexity index is 1670. The van der Waals surface area contributed by atoms with Crippen molar-refractivity contribution in [2.45, 2.75) is 32.0 Å². The van der Waals surface area contributed by atoms with E-state index in [4.69, 9.17) is 4.42 Å². The number of hydrogen-bond donors (Lipinski definition) is 0. The predicted octanol–water partition coefficient (Wildman–Crippen LogP) is 7.35. The van der Waals surface area contributed by atoms with Crippen LogP contribution in [-0.4, -0.2) is 38.2 Å². The van der Waals surface area contributed by atoms with Crippen molar-refractivity contribution in [2.24, 2.45) is 13.0 Å². The van der Waals surface area contributed by atoms with Crippen LogP contribution in [0.2, 0.25) is 0 Å². The standard InChI is InChI=1S/C30H27F4N5O/c1-38(15-18-7-6-8-18)16-19-13-22(30(32,33)34)27-24(14-19)36-29(40-27)26-23(31)12-11-21(20-9-4-3-5-10-20)25(26)28-37-35-17-39(28)2/h3-5,9-14,17-18H,6-8,15-16H2,1-2H3. The van der Waals surface area contributed by atoms with Crippen LogP contribution >= 0.6 is 0 Å². The summed E-state index contributed by atoms with van der Waals surface area (Å²) in [4.78, 5) is 6.46. The minimum Gasteiger partial charge on any atom is -0.435 e. The summed E-state index contributed by atoms with van der Waals surface area (Å²) < 4.78 is 65.8. The van der Waals surface area contributed by atoms with Crippen LogP contribution in [0.3, 0.4) is 0 Å². The zero-order chi connectivity index (χ0) is 28.0. The highest BCUT2D eigenvalue weighted by atomic mass is 19.4. The second-order valence-electron chi connectivity index (χ2n) is 10.5. The summed E-state index contributed by atoms with van der Waals surface area (Å²) >= 11 is 0. The summed E-state index contributed by atoms with van der Waals surface area (Å²) in [5.74, 6) is -0.0506. The highest BCUT2D eigenvalue weighted by molar-refractivity contribution is 5.92. The van der Waals surface area contributed by atoms with Crippen molar-refractivity contribution >= 4 is 11.1 Å². The summed E-state index contributed by atoms with van der Waals surface area (Å²) in [6.07, 6.45) is 0.271. The zero-order valence-electron chi connectivity index (χ0n) is 22.0. The highest BCUT2D eigenvalue weighted by Crippen LogP contribution is 2.43. The second-order valence-corrected chi connectivity index (χ2v) is 10.5. The van der Waals surface area contributed by atoms with E-state index in [1.165, 1.54) is 18.8 Å². The molecule has 206 valence electrons. The first-order chi connectivity index (χ1) is 19.2. The molecule has 40 heavy (non-hydrogen) atoms. The minimum atomic E-state index is -4.69. The van der Waals surface area contributed by atoms with Gasteiger partial charge in [-0.05, 0) is 60.7 Å². The third-order valence-electron chi connectivity index (χ3n) is 7.49. The molecule has 3 aromatic carbocycles. The maximum atomic E-state index is 15.6. The van der Waals surface area contributed by atoms with Crippen LogP contribution in [-0.2, 0) is 19.8 Å². The first-order valence-electron chi connectivity index (χ1n) is 13.1. The van der Waals surface area contributed by atoms with Gasteiger partial charge in [-0.1, -0.05) is 42.8 Å². The Morgan fingerprint density at radius 2 is 1.82 bits per heavy atom. The molecule has 0 atom stereocenters. The number of aromatic nitrogens is 4. The lowest BCUT2D eigenvalue weighted by Crippen LogP contribution is -2.29. The average molecular weight is 550 g/mol. The van der Waals surface area contributed by atoms with Crippen molar-refractivity contribution in [3.63, 3.8) is 0 Å². The van der Waals surface area contributed by atoms with E-state index in [9.17, 15) is 13.2 Å². The third kappa shape index (κ3) is 4.88. The minimum absolute atomic E-state index is 0.0188. The van der Waals surface area contributed by atoms with E-state index >= 15 is 4.39 Å². The van der Waals surface area contributed by atoms with Crippen LogP contribution in [0.1, 0.15) is 30.4 Å². The van der Waals surface area contributed by atoms with Crippen LogP contribution in [0.4, 0.5) is 17.6 Å². The van der Waals surface area contributed by atoms with E-state index in [2.05, 4.69) is 15.2 Å². The molecule has 1 fully saturated rings. The van der Waals surface area contributed by atoms with Gasteiger partial charge in [-0.25, -0.2) is 9.37 Å². The molecule has 0 N–H and O–H groups in total. The number of benzene rings is 3. The van der Waals surface area contributed by atoms with Crippen molar-refractivity contribution in [3.8, 4) is 34.0 Å². The van der Waals surface area contributed by atoms with Gasteiger partial charge in [0.15, 0.2) is 11.4 Å². The fraction of sp³-hybridized carbons (Fsp3) is 0.300. The first-order valence-corrected chi connectivity index (χ1v) is 13.1. The topological polar surface area (TPSA) is 60.0 Å². The van der Waals surface area contributed by atoms with Crippen LogP contribution in [0.5, 0.6) is 0 Å². The SMILES string of the molecule is CN(Cc1cc(C(F)(F)F)c2oc(-c3c(F)ccc(-c4ccccc4)c3-c3nncn3C)nc2c1)CC1CCC1. The first kappa shape index (κ1) is 26.2. The number of fused-ring (bicyclic) bond motifs is 1. The van der Waals surface area contributed by atoms with E-state index < -0.39 is 23.1 Å². The number of nitrogens with zero attached hydrogens (tertiary/aromatic N) is 5.